The topological polar surface area (TPSA) is 32.3 Å². The van der Waals surface area contributed by atoms with E-state index in [0.29, 0.717) is 11.5 Å². The minimum atomic E-state index is 0.0585. The van der Waals surface area contributed by atoms with Gasteiger partial charge in [0.15, 0.2) is 0 Å². The lowest BCUT2D eigenvalue weighted by atomic mass is 9.75. The largest absolute Gasteiger partial charge is 0.382 e. The summed E-state index contributed by atoms with van der Waals surface area (Å²) >= 11 is 0. The maximum atomic E-state index is 12.2. The lowest BCUT2D eigenvalue weighted by Crippen LogP contribution is -2.32. The van der Waals surface area contributed by atoms with Crippen LogP contribution in [0.1, 0.15) is 49.9 Å². The van der Waals surface area contributed by atoms with Gasteiger partial charge in [0.1, 0.15) is 0 Å². The molecule has 1 saturated carbocycles. The molecule has 1 unspecified atom stereocenters. The first-order valence-electron chi connectivity index (χ1n) is 7.46. The maximum Gasteiger partial charge on any atom is 0.255 e. The number of hydrogen-bond acceptors (Lipinski definition) is 2. The van der Waals surface area contributed by atoms with E-state index in [-0.39, 0.29) is 5.91 Å². The van der Waals surface area contributed by atoms with E-state index in [1.54, 1.807) is 19.0 Å². The van der Waals surface area contributed by atoms with Crippen molar-refractivity contribution >= 4 is 11.6 Å². The minimum absolute atomic E-state index is 0.0585. The normalized spacial score (nSPS) is 21.3. The number of carbonyl (C=O) groups is 1. The summed E-state index contributed by atoms with van der Waals surface area (Å²) in [4.78, 5) is 13.9. The molecule has 1 aliphatic rings. The molecular weight excluding hydrogens is 248 g/mol. The molecule has 1 aliphatic carbocycles. The average Bonchev–Trinajstić information content (AvgIpc) is 2.37. The Kier molecular flexibility index (Phi) is 4.36. The molecule has 1 aromatic carbocycles. The molecule has 0 spiro atoms. The quantitative estimate of drug-likeness (QED) is 0.910. The SMILES string of the molecule is CN(C)C(=O)c1ccccc1NC1CCCC(C)(C)C1. The molecule has 1 fully saturated rings. The number of nitrogens with one attached hydrogen (secondary N) is 1. The fourth-order valence-corrected chi connectivity index (χ4v) is 3.08. The Morgan fingerprint density at radius 3 is 2.65 bits per heavy atom. The summed E-state index contributed by atoms with van der Waals surface area (Å²) in [5, 5.41) is 3.59. The zero-order valence-electron chi connectivity index (χ0n) is 13.1. The van der Waals surface area contributed by atoms with Crippen LogP contribution >= 0.6 is 0 Å². The molecule has 110 valence electrons. The molecule has 1 amide bonds. The van der Waals surface area contributed by atoms with Crippen molar-refractivity contribution in [2.24, 2.45) is 5.41 Å². The van der Waals surface area contributed by atoms with Gasteiger partial charge in [-0.1, -0.05) is 32.4 Å². The average molecular weight is 274 g/mol. The number of nitrogens with zero attached hydrogens (tertiary/aromatic N) is 1. The molecule has 3 heteroatoms. The van der Waals surface area contributed by atoms with E-state index in [9.17, 15) is 4.79 Å². The third kappa shape index (κ3) is 3.53. The van der Waals surface area contributed by atoms with E-state index in [2.05, 4.69) is 19.2 Å². The Hall–Kier alpha value is -1.51. The molecule has 0 aromatic heterocycles. The molecule has 0 heterocycles. The smallest absolute Gasteiger partial charge is 0.255 e. The Bertz CT molecular complexity index is 480. The summed E-state index contributed by atoms with van der Waals surface area (Å²) in [5.74, 6) is 0.0585. The maximum absolute atomic E-state index is 12.2. The second-order valence-corrected chi connectivity index (χ2v) is 6.85. The zero-order valence-corrected chi connectivity index (χ0v) is 13.1. The fourth-order valence-electron chi connectivity index (χ4n) is 3.08. The summed E-state index contributed by atoms with van der Waals surface area (Å²) in [6.07, 6.45) is 4.91. The second kappa shape index (κ2) is 5.86. The summed E-state index contributed by atoms with van der Waals surface area (Å²) in [6, 6.07) is 8.29. The lowest BCUT2D eigenvalue weighted by molar-refractivity contribution is 0.0828. The fraction of sp³-hybridized carbons (Fsp3) is 0.588. The van der Waals surface area contributed by atoms with Gasteiger partial charge >= 0.3 is 0 Å². The van der Waals surface area contributed by atoms with E-state index >= 15 is 0 Å². The molecule has 1 atom stereocenters. The lowest BCUT2D eigenvalue weighted by Gasteiger charge is -2.36. The van der Waals surface area contributed by atoms with Gasteiger partial charge in [-0.25, -0.2) is 0 Å². The van der Waals surface area contributed by atoms with Gasteiger partial charge in [0.2, 0.25) is 0 Å². The Balaban J connectivity index is 2.15. The van der Waals surface area contributed by atoms with Gasteiger partial charge in [-0.3, -0.25) is 4.79 Å². The van der Waals surface area contributed by atoms with Crippen LogP contribution in [0.25, 0.3) is 0 Å². The third-order valence-electron chi connectivity index (χ3n) is 4.13. The van der Waals surface area contributed by atoms with Crippen molar-refractivity contribution in [2.75, 3.05) is 19.4 Å². The molecule has 1 N–H and O–H groups in total. The van der Waals surface area contributed by atoms with Crippen LogP contribution in [0.15, 0.2) is 24.3 Å². The molecule has 3 nitrogen and oxygen atoms in total. The zero-order chi connectivity index (χ0) is 14.8. The monoisotopic (exact) mass is 274 g/mol. The molecule has 20 heavy (non-hydrogen) atoms. The van der Waals surface area contributed by atoms with Gasteiger partial charge in [-0.05, 0) is 36.8 Å². The molecule has 2 rings (SSSR count). The van der Waals surface area contributed by atoms with E-state index in [1.807, 2.05) is 24.3 Å². The Morgan fingerprint density at radius 1 is 1.30 bits per heavy atom. The first-order chi connectivity index (χ1) is 9.39. The number of carbonyl (C=O) groups excluding carboxylic acids is 1. The molecule has 0 radical (unpaired) electrons. The Morgan fingerprint density at radius 2 is 2.00 bits per heavy atom. The highest BCUT2D eigenvalue weighted by molar-refractivity contribution is 5.99. The number of anilines is 1. The van der Waals surface area contributed by atoms with Crippen molar-refractivity contribution in [3.8, 4) is 0 Å². The summed E-state index contributed by atoms with van der Waals surface area (Å²) in [5.41, 5.74) is 2.13. The Labute approximate surface area is 122 Å². The standard InChI is InChI=1S/C17H26N2O/c1-17(2)11-7-8-13(12-17)18-15-10-6-5-9-14(15)16(20)19(3)4/h5-6,9-10,13,18H,7-8,11-12H2,1-4H3. The van der Waals surface area contributed by atoms with Crippen molar-refractivity contribution in [1.29, 1.82) is 0 Å². The molecule has 0 aliphatic heterocycles. The number of benzene rings is 1. The van der Waals surface area contributed by atoms with Crippen molar-refractivity contribution in [3.63, 3.8) is 0 Å². The molecule has 0 bridgehead atoms. The third-order valence-corrected chi connectivity index (χ3v) is 4.13. The van der Waals surface area contributed by atoms with Crippen molar-refractivity contribution in [2.45, 2.75) is 45.6 Å². The van der Waals surface area contributed by atoms with Crippen LogP contribution in [0.3, 0.4) is 0 Å². The first-order valence-corrected chi connectivity index (χ1v) is 7.46. The van der Waals surface area contributed by atoms with Gasteiger partial charge in [-0.15, -0.1) is 0 Å². The van der Waals surface area contributed by atoms with Gasteiger partial charge < -0.3 is 10.2 Å². The van der Waals surface area contributed by atoms with Gasteiger partial charge in [0, 0.05) is 25.8 Å². The van der Waals surface area contributed by atoms with Gasteiger partial charge in [-0.2, -0.15) is 0 Å². The summed E-state index contributed by atoms with van der Waals surface area (Å²) < 4.78 is 0. The number of amides is 1. The van der Waals surface area contributed by atoms with Crippen LogP contribution in [0.4, 0.5) is 5.69 Å². The van der Waals surface area contributed by atoms with Crippen LogP contribution in [0.2, 0.25) is 0 Å². The van der Waals surface area contributed by atoms with Crippen molar-refractivity contribution in [1.82, 2.24) is 4.90 Å². The highest BCUT2D eigenvalue weighted by atomic mass is 16.2. The molecule has 1 aromatic rings. The molecule has 0 saturated heterocycles. The predicted molar refractivity (Wildman–Crippen MR) is 84.1 cm³/mol. The first kappa shape index (κ1) is 14.9. The van der Waals surface area contributed by atoms with Crippen molar-refractivity contribution < 1.29 is 4.79 Å². The van der Waals surface area contributed by atoms with E-state index in [4.69, 9.17) is 0 Å². The van der Waals surface area contributed by atoms with Crippen LogP contribution in [0, 0.1) is 5.41 Å². The highest BCUT2D eigenvalue weighted by Gasteiger charge is 2.28. The van der Waals surface area contributed by atoms with Crippen LogP contribution in [-0.4, -0.2) is 30.9 Å². The predicted octanol–water partition coefficient (Wildman–Crippen LogP) is 3.77. The van der Waals surface area contributed by atoms with Crippen molar-refractivity contribution in [3.05, 3.63) is 29.8 Å². The van der Waals surface area contributed by atoms with Crippen LogP contribution in [-0.2, 0) is 0 Å². The highest BCUT2D eigenvalue weighted by Crippen LogP contribution is 2.36. The van der Waals surface area contributed by atoms with Gasteiger partial charge in [0.05, 0.1) is 5.56 Å². The number of para-hydroxylation sites is 1. The van der Waals surface area contributed by atoms with Gasteiger partial charge in [0.25, 0.3) is 5.91 Å². The van der Waals surface area contributed by atoms with E-state index in [0.717, 1.165) is 17.7 Å². The number of hydrogen-bond donors (Lipinski definition) is 1. The summed E-state index contributed by atoms with van der Waals surface area (Å²) in [7, 11) is 3.59. The minimum Gasteiger partial charge on any atom is -0.382 e. The van der Waals surface area contributed by atoms with Crippen LogP contribution in [0.5, 0.6) is 0 Å². The number of rotatable bonds is 3. The summed E-state index contributed by atoms with van der Waals surface area (Å²) in [6.45, 7) is 4.66. The molecular formula is C17H26N2O. The van der Waals surface area contributed by atoms with E-state index in [1.165, 1.54) is 19.3 Å². The van der Waals surface area contributed by atoms with Crippen LogP contribution < -0.4 is 5.32 Å². The van der Waals surface area contributed by atoms with E-state index < -0.39 is 0 Å². The second-order valence-electron chi connectivity index (χ2n) is 6.85.